The van der Waals surface area contributed by atoms with Crippen LogP contribution < -0.4 is 11.1 Å². The van der Waals surface area contributed by atoms with Gasteiger partial charge in [0.25, 0.3) is 0 Å². The van der Waals surface area contributed by atoms with Gasteiger partial charge in [0.15, 0.2) is 0 Å². The maximum Gasteiger partial charge on any atom is 0.374 e. The Hall–Kier alpha value is -3.12. The van der Waals surface area contributed by atoms with Gasteiger partial charge in [0.05, 0.1) is 12.6 Å². The summed E-state index contributed by atoms with van der Waals surface area (Å²) in [5.41, 5.74) is 8.05. The van der Waals surface area contributed by atoms with E-state index >= 15 is 0 Å². The third-order valence-corrected chi connectivity index (χ3v) is 5.25. The zero-order chi connectivity index (χ0) is 19.7. The molecule has 0 spiro atoms. The monoisotopic (exact) mass is 378 g/mol. The average Bonchev–Trinajstić information content (AvgIpc) is 3.30. The highest BCUT2D eigenvalue weighted by Gasteiger charge is 2.41. The highest BCUT2D eigenvalue weighted by atomic mass is 16.5. The van der Waals surface area contributed by atoms with E-state index in [1.165, 1.54) is 0 Å². The number of ether oxygens (including phenoxy) is 1. The molecule has 6 heteroatoms. The first-order chi connectivity index (χ1) is 13.6. The predicted octanol–water partition coefficient (Wildman–Crippen LogP) is 3.28. The molecule has 6 nitrogen and oxygen atoms in total. The van der Waals surface area contributed by atoms with E-state index < -0.39 is 17.9 Å². The van der Waals surface area contributed by atoms with Gasteiger partial charge in [-0.3, -0.25) is 10.1 Å². The zero-order valence-electron chi connectivity index (χ0n) is 15.6. The summed E-state index contributed by atoms with van der Waals surface area (Å²) in [6.45, 7) is 2.01. The number of amides is 1. The number of hydrogen-bond acceptors (Lipinski definition) is 5. The molecule has 3 atom stereocenters. The van der Waals surface area contributed by atoms with Crippen molar-refractivity contribution in [3.05, 3.63) is 71.5 Å². The van der Waals surface area contributed by atoms with E-state index in [1.54, 1.807) is 6.92 Å². The Morgan fingerprint density at radius 3 is 2.57 bits per heavy atom. The molecule has 1 aliphatic heterocycles. The second kappa shape index (κ2) is 7.48. The zero-order valence-corrected chi connectivity index (χ0v) is 15.6. The molecule has 28 heavy (non-hydrogen) atoms. The molecular formula is C22H22N2O4. The van der Waals surface area contributed by atoms with E-state index in [4.69, 9.17) is 14.9 Å². The Morgan fingerprint density at radius 1 is 1.14 bits per heavy atom. The summed E-state index contributed by atoms with van der Waals surface area (Å²) >= 11 is 0. The number of carbonyl (C=O) groups is 2. The quantitative estimate of drug-likeness (QED) is 0.665. The van der Waals surface area contributed by atoms with Gasteiger partial charge < -0.3 is 14.9 Å². The van der Waals surface area contributed by atoms with Crippen molar-refractivity contribution in [3.8, 4) is 0 Å². The third-order valence-electron chi connectivity index (χ3n) is 5.25. The van der Waals surface area contributed by atoms with E-state index in [0.717, 1.165) is 16.5 Å². The molecule has 3 aromatic rings. The summed E-state index contributed by atoms with van der Waals surface area (Å²) in [5.74, 6) is -0.832. The van der Waals surface area contributed by atoms with Crippen LogP contribution in [-0.2, 0) is 9.53 Å². The number of nitrogens with one attached hydrogen (secondary N) is 1. The first kappa shape index (κ1) is 18.3. The van der Waals surface area contributed by atoms with Gasteiger partial charge in [0.2, 0.25) is 11.7 Å². The number of benzene rings is 2. The van der Waals surface area contributed by atoms with Crippen LogP contribution in [0, 0.1) is 0 Å². The normalized spacial score (nSPS) is 21.7. The van der Waals surface area contributed by atoms with Gasteiger partial charge in [0.1, 0.15) is 5.58 Å². The number of fused-ring (bicyclic) bond motifs is 1. The molecule has 1 amide bonds. The molecule has 1 fully saturated rings. The number of nitrogens with two attached hydrogens (primary N) is 1. The molecule has 2 aromatic carbocycles. The molecule has 0 saturated carbocycles. The van der Waals surface area contributed by atoms with Crippen LogP contribution in [0.15, 0.2) is 59.0 Å². The smallest absolute Gasteiger partial charge is 0.374 e. The number of furan rings is 1. The van der Waals surface area contributed by atoms with E-state index in [9.17, 15) is 9.59 Å². The summed E-state index contributed by atoms with van der Waals surface area (Å²) in [6, 6.07) is 16.5. The van der Waals surface area contributed by atoms with Crippen molar-refractivity contribution in [3.63, 3.8) is 0 Å². The standard InChI is InChI=1S/C22H22N2O4/c1-2-27-22(26)20-18(14-10-6-7-11-17(14)28-20)16-12-15(19(24-16)21(23)25)13-8-4-3-5-9-13/h3-11,15-16,19,24H,2,12H2,1H3,(H2,23,25)/t15-,16?,19+/m1/s1. The minimum absolute atomic E-state index is 0.0904. The maximum absolute atomic E-state index is 12.5. The number of para-hydroxylation sites is 1. The molecule has 0 radical (unpaired) electrons. The van der Waals surface area contributed by atoms with Crippen LogP contribution >= 0.6 is 0 Å². The molecule has 3 N–H and O–H groups in total. The molecule has 0 aliphatic carbocycles. The van der Waals surface area contributed by atoms with Gasteiger partial charge in [0, 0.05) is 22.9 Å². The molecule has 2 heterocycles. The lowest BCUT2D eigenvalue weighted by Crippen LogP contribution is -2.40. The van der Waals surface area contributed by atoms with E-state index in [2.05, 4.69) is 5.32 Å². The van der Waals surface area contributed by atoms with Crippen LogP contribution in [0.2, 0.25) is 0 Å². The van der Waals surface area contributed by atoms with E-state index in [1.807, 2.05) is 54.6 Å². The highest BCUT2D eigenvalue weighted by Crippen LogP contribution is 2.42. The van der Waals surface area contributed by atoms with Gasteiger partial charge in [-0.1, -0.05) is 48.5 Å². The maximum atomic E-state index is 12.5. The van der Waals surface area contributed by atoms with Crippen LogP contribution in [0.4, 0.5) is 0 Å². The Morgan fingerprint density at radius 2 is 1.86 bits per heavy atom. The first-order valence-corrected chi connectivity index (χ1v) is 9.39. The fourth-order valence-electron chi connectivity index (χ4n) is 4.06. The summed E-state index contributed by atoms with van der Waals surface area (Å²) < 4.78 is 11.0. The molecule has 1 aliphatic rings. The van der Waals surface area contributed by atoms with E-state index in [0.29, 0.717) is 12.0 Å². The summed E-state index contributed by atoms with van der Waals surface area (Å²) in [6.07, 6.45) is 0.619. The molecule has 1 saturated heterocycles. The van der Waals surface area contributed by atoms with Crippen molar-refractivity contribution in [2.75, 3.05) is 6.61 Å². The van der Waals surface area contributed by atoms with Crippen molar-refractivity contribution >= 4 is 22.8 Å². The van der Waals surface area contributed by atoms with Crippen LogP contribution in [0.1, 0.15) is 47.0 Å². The fourth-order valence-corrected chi connectivity index (χ4v) is 4.06. The highest BCUT2D eigenvalue weighted by molar-refractivity contribution is 5.96. The fraction of sp³-hybridized carbons (Fsp3) is 0.273. The minimum Gasteiger partial charge on any atom is -0.460 e. The average molecular weight is 378 g/mol. The Balaban J connectivity index is 1.78. The second-order valence-electron chi connectivity index (χ2n) is 6.91. The minimum atomic E-state index is -0.531. The van der Waals surface area contributed by atoms with Gasteiger partial charge >= 0.3 is 5.97 Å². The molecule has 4 rings (SSSR count). The van der Waals surface area contributed by atoms with Crippen molar-refractivity contribution in [2.45, 2.75) is 31.3 Å². The summed E-state index contributed by atoms with van der Waals surface area (Å²) in [4.78, 5) is 24.7. The topological polar surface area (TPSA) is 94.6 Å². The lowest BCUT2D eigenvalue weighted by molar-refractivity contribution is -0.120. The summed E-state index contributed by atoms with van der Waals surface area (Å²) in [7, 11) is 0. The second-order valence-corrected chi connectivity index (χ2v) is 6.91. The Labute approximate surface area is 162 Å². The van der Waals surface area contributed by atoms with Crippen LogP contribution in [0.25, 0.3) is 11.0 Å². The van der Waals surface area contributed by atoms with Crippen LogP contribution in [0.5, 0.6) is 0 Å². The van der Waals surface area contributed by atoms with Crippen LogP contribution in [0.3, 0.4) is 0 Å². The number of esters is 1. The van der Waals surface area contributed by atoms with Gasteiger partial charge in [-0.15, -0.1) is 0 Å². The molecular weight excluding hydrogens is 356 g/mol. The number of carbonyl (C=O) groups excluding carboxylic acids is 2. The molecule has 1 unspecified atom stereocenters. The molecule has 144 valence electrons. The lowest BCUT2D eigenvalue weighted by Gasteiger charge is -2.16. The first-order valence-electron chi connectivity index (χ1n) is 9.39. The van der Waals surface area contributed by atoms with Gasteiger partial charge in [-0.25, -0.2) is 4.79 Å². The van der Waals surface area contributed by atoms with Gasteiger partial charge in [-0.05, 0) is 25.0 Å². The number of primary amides is 1. The number of hydrogen-bond donors (Lipinski definition) is 2. The van der Waals surface area contributed by atoms with E-state index in [-0.39, 0.29) is 24.3 Å². The third kappa shape index (κ3) is 3.16. The van der Waals surface area contributed by atoms with Gasteiger partial charge in [-0.2, -0.15) is 0 Å². The van der Waals surface area contributed by atoms with Crippen molar-refractivity contribution in [1.82, 2.24) is 5.32 Å². The molecule has 0 bridgehead atoms. The van der Waals surface area contributed by atoms with Crippen molar-refractivity contribution in [1.29, 1.82) is 0 Å². The van der Waals surface area contributed by atoms with Crippen molar-refractivity contribution < 1.29 is 18.7 Å². The lowest BCUT2D eigenvalue weighted by atomic mass is 9.89. The Kier molecular flexibility index (Phi) is 4.88. The van der Waals surface area contributed by atoms with Crippen molar-refractivity contribution in [2.24, 2.45) is 5.73 Å². The SMILES string of the molecule is CCOC(=O)c1oc2ccccc2c1C1C[C@H](c2ccccc2)[C@@H](C(N)=O)N1. The summed E-state index contributed by atoms with van der Waals surface area (Å²) in [5, 5.41) is 4.16. The van der Waals surface area contributed by atoms with Crippen LogP contribution in [-0.4, -0.2) is 24.5 Å². The Bertz CT molecular complexity index is 1010. The largest absolute Gasteiger partial charge is 0.460 e. The number of rotatable bonds is 5. The molecule has 1 aromatic heterocycles. The predicted molar refractivity (Wildman–Crippen MR) is 105 cm³/mol.